The number of ether oxygens (including phenoxy) is 2. The predicted octanol–water partition coefficient (Wildman–Crippen LogP) is 8.21. The van der Waals surface area contributed by atoms with Crippen molar-refractivity contribution in [2.75, 3.05) is 13.2 Å². The van der Waals surface area contributed by atoms with Gasteiger partial charge in [-0.3, -0.25) is 0 Å². The summed E-state index contributed by atoms with van der Waals surface area (Å²) in [6, 6.07) is 34.3. The molecule has 0 unspecified atom stereocenters. The van der Waals surface area contributed by atoms with Crippen LogP contribution in [-0.4, -0.2) is 13.2 Å². The standard InChI is InChI=1S/C32H28O2/c1-3-21-34-26-17-13-23(14-18-26)22-31-27-9-5-7-11-29(27)32(30-12-8-6-10-28(30)31)24-15-19-25(20-16-24)33-4-2/h3,5-20H,1,4,21-22H2,2H3. The van der Waals surface area contributed by atoms with Gasteiger partial charge < -0.3 is 9.47 Å². The monoisotopic (exact) mass is 444 g/mol. The second-order valence-corrected chi connectivity index (χ2v) is 8.32. The van der Waals surface area contributed by atoms with Crippen LogP contribution in [0.5, 0.6) is 11.5 Å². The number of fused-ring (bicyclic) bond motifs is 2. The normalized spacial score (nSPS) is 11.0. The summed E-state index contributed by atoms with van der Waals surface area (Å²) in [6.45, 7) is 6.91. The summed E-state index contributed by atoms with van der Waals surface area (Å²) in [7, 11) is 0. The summed E-state index contributed by atoms with van der Waals surface area (Å²) in [5.41, 5.74) is 5.08. The van der Waals surface area contributed by atoms with Crippen LogP contribution in [0.2, 0.25) is 0 Å². The minimum absolute atomic E-state index is 0.516. The van der Waals surface area contributed by atoms with Crippen LogP contribution in [0.15, 0.2) is 110 Å². The molecule has 2 nitrogen and oxygen atoms in total. The van der Waals surface area contributed by atoms with E-state index in [1.165, 1.54) is 43.8 Å². The molecule has 5 rings (SSSR count). The molecule has 0 saturated carbocycles. The molecule has 0 atom stereocenters. The lowest BCUT2D eigenvalue weighted by molar-refractivity contribution is 0.340. The van der Waals surface area contributed by atoms with E-state index >= 15 is 0 Å². The fourth-order valence-corrected chi connectivity index (χ4v) is 4.67. The lowest BCUT2D eigenvalue weighted by Gasteiger charge is -2.18. The average molecular weight is 445 g/mol. The molecule has 0 heterocycles. The quantitative estimate of drug-likeness (QED) is 0.177. The van der Waals surface area contributed by atoms with Gasteiger partial charge in [0.05, 0.1) is 6.61 Å². The van der Waals surface area contributed by atoms with Gasteiger partial charge in [-0.15, -0.1) is 0 Å². The topological polar surface area (TPSA) is 18.5 Å². The average Bonchev–Trinajstić information content (AvgIpc) is 2.89. The Balaban J connectivity index is 1.65. The molecule has 0 aliphatic carbocycles. The zero-order chi connectivity index (χ0) is 23.3. The number of rotatable bonds is 8. The molecule has 0 bridgehead atoms. The molecule has 0 saturated heterocycles. The Morgan fingerprint density at radius 1 is 0.647 bits per heavy atom. The van der Waals surface area contributed by atoms with E-state index in [0.717, 1.165) is 17.9 Å². The Kier molecular flexibility index (Phi) is 6.31. The Labute approximate surface area is 201 Å². The molecule has 5 aromatic rings. The molecule has 2 heteroatoms. The van der Waals surface area contributed by atoms with E-state index in [0.29, 0.717) is 13.2 Å². The third-order valence-electron chi connectivity index (χ3n) is 6.17. The highest BCUT2D eigenvalue weighted by Gasteiger charge is 2.15. The number of hydrogen-bond acceptors (Lipinski definition) is 2. The molecular formula is C32H28O2. The van der Waals surface area contributed by atoms with Crippen molar-refractivity contribution in [2.45, 2.75) is 13.3 Å². The molecule has 0 aliphatic rings. The van der Waals surface area contributed by atoms with Gasteiger partial charge in [-0.05, 0) is 81.4 Å². The third kappa shape index (κ3) is 4.27. The Bertz CT molecular complexity index is 1370. The first kappa shape index (κ1) is 21.8. The first-order valence-corrected chi connectivity index (χ1v) is 11.8. The molecule has 0 fully saturated rings. The fourth-order valence-electron chi connectivity index (χ4n) is 4.67. The molecule has 0 spiro atoms. The van der Waals surface area contributed by atoms with Gasteiger partial charge in [-0.2, -0.15) is 0 Å². The van der Waals surface area contributed by atoms with Crippen molar-refractivity contribution < 1.29 is 9.47 Å². The van der Waals surface area contributed by atoms with Crippen LogP contribution in [0.1, 0.15) is 18.1 Å². The van der Waals surface area contributed by atoms with Gasteiger partial charge in [0.15, 0.2) is 0 Å². The van der Waals surface area contributed by atoms with Crippen LogP contribution in [0.4, 0.5) is 0 Å². The van der Waals surface area contributed by atoms with Gasteiger partial charge in [0.2, 0.25) is 0 Å². The largest absolute Gasteiger partial charge is 0.494 e. The molecule has 0 amide bonds. The summed E-state index contributed by atoms with van der Waals surface area (Å²) < 4.78 is 11.3. The van der Waals surface area contributed by atoms with Crippen LogP contribution < -0.4 is 9.47 Å². The van der Waals surface area contributed by atoms with E-state index in [1.54, 1.807) is 6.08 Å². The first-order chi connectivity index (χ1) is 16.8. The highest BCUT2D eigenvalue weighted by atomic mass is 16.5. The predicted molar refractivity (Wildman–Crippen MR) is 143 cm³/mol. The van der Waals surface area contributed by atoms with Gasteiger partial charge in [0, 0.05) is 0 Å². The van der Waals surface area contributed by atoms with Crippen molar-refractivity contribution in [3.63, 3.8) is 0 Å². The van der Waals surface area contributed by atoms with Gasteiger partial charge in [-0.25, -0.2) is 0 Å². The lowest BCUT2D eigenvalue weighted by atomic mass is 9.86. The molecule has 168 valence electrons. The second kappa shape index (κ2) is 9.84. The minimum Gasteiger partial charge on any atom is -0.494 e. The number of hydrogen-bond donors (Lipinski definition) is 0. The Hall–Kier alpha value is -4.04. The second-order valence-electron chi connectivity index (χ2n) is 8.32. The summed E-state index contributed by atoms with van der Waals surface area (Å²) in [5.74, 6) is 1.77. The van der Waals surface area contributed by atoms with Crippen LogP contribution >= 0.6 is 0 Å². The van der Waals surface area contributed by atoms with Crippen LogP contribution in [0, 0.1) is 0 Å². The van der Waals surface area contributed by atoms with Crippen molar-refractivity contribution in [2.24, 2.45) is 0 Å². The summed E-state index contributed by atoms with van der Waals surface area (Å²) in [4.78, 5) is 0. The van der Waals surface area contributed by atoms with Gasteiger partial charge >= 0.3 is 0 Å². The van der Waals surface area contributed by atoms with E-state index in [9.17, 15) is 0 Å². The SMILES string of the molecule is C=CCOc1ccc(Cc2c3ccccc3c(-c3ccc(OCC)cc3)c3ccccc23)cc1. The van der Waals surface area contributed by atoms with E-state index in [-0.39, 0.29) is 0 Å². The maximum atomic E-state index is 5.67. The van der Waals surface area contributed by atoms with E-state index in [1.807, 2.05) is 19.1 Å². The molecular weight excluding hydrogens is 416 g/mol. The van der Waals surface area contributed by atoms with Crippen LogP contribution in [-0.2, 0) is 6.42 Å². The zero-order valence-electron chi connectivity index (χ0n) is 19.5. The molecule has 0 aromatic heterocycles. The molecule has 0 N–H and O–H groups in total. The summed E-state index contributed by atoms with van der Waals surface area (Å²) >= 11 is 0. The van der Waals surface area contributed by atoms with Gasteiger partial charge in [0.1, 0.15) is 18.1 Å². The van der Waals surface area contributed by atoms with Crippen LogP contribution in [0.25, 0.3) is 32.7 Å². The Morgan fingerprint density at radius 3 is 1.74 bits per heavy atom. The molecule has 5 aromatic carbocycles. The smallest absolute Gasteiger partial charge is 0.119 e. The maximum Gasteiger partial charge on any atom is 0.119 e. The van der Waals surface area contributed by atoms with Crippen molar-refractivity contribution in [1.29, 1.82) is 0 Å². The lowest BCUT2D eigenvalue weighted by Crippen LogP contribution is -1.96. The van der Waals surface area contributed by atoms with E-state index in [2.05, 4.69) is 91.5 Å². The summed E-state index contributed by atoms with van der Waals surface area (Å²) in [5, 5.41) is 5.12. The van der Waals surface area contributed by atoms with Crippen molar-refractivity contribution in [3.8, 4) is 22.6 Å². The Morgan fingerprint density at radius 2 is 1.18 bits per heavy atom. The first-order valence-electron chi connectivity index (χ1n) is 11.8. The zero-order valence-corrected chi connectivity index (χ0v) is 19.5. The minimum atomic E-state index is 0.516. The van der Waals surface area contributed by atoms with Crippen molar-refractivity contribution in [3.05, 3.63) is 121 Å². The van der Waals surface area contributed by atoms with Crippen molar-refractivity contribution >= 4 is 21.5 Å². The van der Waals surface area contributed by atoms with Crippen molar-refractivity contribution in [1.82, 2.24) is 0 Å². The van der Waals surface area contributed by atoms with Crippen LogP contribution in [0.3, 0.4) is 0 Å². The van der Waals surface area contributed by atoms with Gasteiger partial charge in [0.25, 0.3) is 0 Å². The summed E-state index contributed by atoms with van der Waals surface area (Å²) in [6.07, 6.45) is 2.62. The third-order valence-corrected chi connectivity index (χ3v) is 6.17. The molecule has 34 heavy (non-hydrogen) atoms. The van der Waals surface area contributed by atoms with E-state index < -0.39 is 0 Å². The molecule has 0 radical (unpaired) electrons. The highest BCUT2D eigenvalue weighted by molar-refractivity contribution is 6.15. The fraction of sp³-hybridized carbons (Fsp3) is 0.125. The number of benzene rings is 5. The maximum absolute atomic E-state index is 5.67. The van der Waals surface area contributed by atoms with E-state index in [4.69, 9.17) is 9.47 Å². The highest BCUT2D eigenvalue weighted by Crippen LogP contribution is 2.40. The van der Waals surface area contributed by atoms with Gasteiger partial charge in [-0.1, -0.05) is 85.5 Å². The molecule has 0 aliphatic heterocycles.